The van der Waals surface area contributed by atoms with Gasteiger partial charge in [-0.15, -0.1) is 0 Å². The lowest BCUT2D eigenvalue weighted by atomic mass is 10.00. The number of aliphatic hydroxyl groups excluding tert-OH is 2. The highest BCUT2D eigenvalue weighted by Crippen LogP contribution is 2.35. The molecule has 2 amide bonds. The molecule has 3 aromatic carbocycles. The van der Waals surface area contributed by atoms with Crippen molar-refractivity contribution >= 4 is 23.3 Å². The quantitative estimate of drug-likeness (QED) is 0.469. The first kappa shape index (κ1) is 21.5. The van der Waals surface area contributed by atoms with Crippen molar-refractivity contribution in [3.63, 3.8) is 0 Å². The van der Waals surface area contributed by atoms with Crippen molar-refractivity contribution in [2.24, 2.45) is 0 Å². The van der Waals surface area contributed by atoms with Gasteiger partial charge in [-0.3, -0.25) is 14.4 Å². The lowest BCUT2D eigenvalue weighted by Gasteiger charge is -2.18. The molecule has 1 unspecified atom stereocenters. The molecular weight excluding hydrogens is 420 g/mol. The number of rotatable bonds is 5. The van der Waals surface area contributed by atoms with Crippen molar-refractivity contribution < 1.29 is 33.4 Å². The third-order valence-corrected chi connectivity index (χ3v) is 5.34. The average Bonchev–Trinajstić information content (AvgIpc) is 3.04. The fourth-order valence-corrected chi connectivity index (χ4v) is 3.66. The number of anilines is 1. The van der Waals surface area contributed by atoms with Crippen LogP contribution in [-0.4, -0.2) is 34.4 Å². The minimum atomic E-state index is -1.22. The van der Waals surface area contributed by atoms with Gasteiger partial charge < -0.3 is 10.2 Å². The second-order valence-corrected chi connectivity index (χ2v) is 7.37. The number of Topliss-reactive ketones (excluding diaryl/α,β-unsaturated/α-hetero) is 1. The third-order valence-electron chi connectivity index (χ3n) is 5.34. The smallest absolute Gasteiger partial charge is 0.266 e. The van der Waals surface area contributed by atoms with Crippen molar-refractivity contribution in [2.45, 2.75) is 13.0 Å². The summed E-state index contributed by atoms with van der Waals surface area (Å²) in [4.78, 5) is 39.2. The van der Waals surface area contributed by atoms with Gasteiger partial charge in [-0.05, 0) is 60.0 Å². The van der Waals surface area contributed by atoms with E-state index in [0.717, 1.165) is 17.0 Å². The molecule has 4 rings (SSSR count). The lowest BCUT2D eigenvalue weighted by Crippen LogP contribution is -2.30. The van der Waals surface area contributed by atoms with E-state index in [1.165, 1.54) is 49.4 Å². The molecule has 0 aromatic heterocycles. The van der Waals surface area contributed by atoms with Crippen LogP contribution in [-0.2, 0) is 0 Å². The maximum atomic E-state index is 13.7. The molecule has 1 aliphatic heterocycles. The highest BCUT2D eigenvalue weighted by molar-refractivity contribution is 6.35. The second-order valence-electron chi connectivity index (χ2n) is 7.37. The second kappa shape index (κ2) is 8.07. The summed E-state index contributed by atoms with van der Waals surface area (Å²) in [6, 6.07) is 11.7. The van der Waals surface area contributed by atoms with Crippen LogP contribution in [0, 0.1) is 11.6 Å². The molecule has 1 aliphatic rings. The minimum absolute atomic E-state index is 0.00944. The van der Waals surface area contributed by atoms with E-state index in [9.17, 15) is 28.3 Å². The van der Waals surface area contributed by atoms with Crippen molar-refractivity contribution in [3.8, 4) is 11.1 Å². The summed E-state index contributed by atoms with van der Waals surface area (Å²) in [7, 11) is 0. The largest absolute Gasteiger partial charge is 0.393 e. The Morgan fingerprint density at radius 2 is 1.56 bits per heavy atom. The fraction of sp³-hybridized carbons (Fsp3) is 0.125. The van der Waals surface area contributed by atoms with Gasteiger partial charge in [0.15, 0.2) is 17.4 Å². The highest BCUT2D eigenvalue weighted by atomic mass is 19.2. The molecule has 1 atom stereocenters. The minimum Gasteiger partial charge on any atom is -0.393 e. The maximum absolute atomic E-state index is 13.7. The summed E-state index contributed by atoms with van der Waals surface area (Å²) >= 11 is 0. The molecule has 2 N–H and O–H groups in total. The summed E-state index contributed by atoms with van der Waals surface area (Å²) in [6.07, 6.45) is -1.22. The molecule has 0 saturated carbocycles. The van der Waals surface area contributed by atoms with Crippen LogP contribution in [0.3, 0.4) is 0 Å². The number of carbonyl (C=O) groups is 3. The Hall–Kier alpha value is -3.75. The van der Waals surface area contributed by atoms with E-state index >= 15 is 0 Å². The maximum Gasteiger partial charge on any atom is 0.266 e. The Bertz CT molecular complexity index is 1290. The highest BCUT2D eigenvalue weighted by Gasteiger charge is 2.38. The van der Waals surface area contributed by atoms with E-state index in [0.29, 0.717) is 11.1 Å². The van der Waals surface area contributed by atoms with Gasteiger partial charge in [0.25, 0.3) is 11.8 Å². The van der Waals surface area contributed by atoms with Crippen LogP contribution < -0.4 is 4.90 Å². The number of fused-ring (bicyclic) bond motifs is 1. The number of imide groups is 1. The molecule has 0 bridgehead atoms. The Morgan fingerprint density at radius 3 is 2.22 bits per heavy atom. The Kier molecular flexibility index (Phi) is 5.41. The first-order chi connectivity index (χ1) is 15.2. The van der Waals surface area contributed by atoms with Crippen LogP contribution in [0.25, 0.3) is 11.1 Å². The molecule has 0 spiro atoms. The van der Waals surface area contributed by atoms with Gasteiger partial charge >= 0.3 is 0 Å². The van der Waals surface area contributed by atoms with Crippen LogP contribution in [0.2, 0.25) is 0 Å². The molecule has 0 saturated heterocycles. The van der Waals surface area contributed by atoms with E-state index in [1.807, 2.05) is 0 Å². The van der Waals surface area contributed by atoms with Crippen LogP contribution in [0.1, 0.15) is 49.7 Å². The SMILES string of the molecule is CC(=O)c1ccc(-c2ccc(F)c(F)c2)cc1N1C(=O)c2ccc(C(O)CO)cc2C1=O. The Labute approximate surface area is 181 Å². The van der Waals surface area contributed by atoms with Crippen molar-refractivity contribution in [3.05, 3.63) is 88.5 Å². The van der Waals surface area contributed by atoms with Crippen LogP contribution in [0.15, 0.2) is 54.6 Å². The number of hydrogen-bond acceptors (Lipinski definition) is 5. The molecule has 1 heterocycles. The van der Waals surface area contributed by atoms with E-state index in [-0.39, 0.29) is 27.9 Å². The van der Waals surface area contributed by atoms with Crippen LogP contribution in [0.5, 0.6) is 0 Å². The summed E-state index contributed by atoms with van der Waals surface area (Å²) in [5, 5.41) is 19.0. The molecule has 0 aliphatic carbocycles. The molecule has 162 valence electrons. The number of hydrogen-bond donors (Lipinski definition) is 2. The number of ketones is 1. The Balaban J connectivity index is 1.84. The summed E-state index contributed by atoms with van der Waals surface area (Å²) in [5.41, 5.74) is 1.14. The van der Waals surface area contributed by atoms with Gasteiger partial charge in [-0.25, -0.2) is 13.7 Å². The van der Waals surface area contributed by atoms with E-state index in [2.05, 4.69) is 0 Å². The number of carbonyl (C=O) groups excluding carboxylic acids is 3. The first-order valence-electron chi connectivity index (χ1n) is 9.65. The predicted molar refractivity (Wildman–Crippen MR) is 111 cm³/mol. The predicted octanol–water partition coefficient (Wildman–Crippen LogP) is 3.66. The number of aliphatic hydroxyl groups is 2. The number of amides is 2. The van der Waals surface area contributed by atoms with Crippen LogP contribution >= 0.6 is 0 Å². The molecule has 3 aromatic rings. The molecule has 8 heteroatoms. The zero-order chi connectivity index (χ0) is 23.2. The molecule has 0 fully saturated rings. The number of nitrogens with zero attached hydrogens (tertiary/aromatic N) is 1. The van der Waals surface area contributed by atoms with Gasteiger partial charge in [0.05, 0.1) is 23.4 Å². The molecular formula is C24H17F2NO5. The normalized spacial score (nSPS) is 14.0. The summed E-state index contributed by atoms with van der Waals surface area (Å²) in [6.45, 7) is 0.722. The third kappa shape index (κ3) is 3.49. The van der Waals surface area contributed by atoms with Gasteiger partial charge in [-0.2, -0.15) is 0 Å². The van der Waals surface area contributed by atoms with E-state index < -0.39 is 41.9 Å². The van der Waals surface area contributed by atoms with Gasteiger partial charge in [-0.1, -0.05) is 18.2 Å². The zero-order valence-electron chi connectivity index (χ0n) is 16.8. The first-order valence-corrected chi connectivity index (χ1v) is 9.65. The van der Waals surface area contributed by atoms with E-state index in [1.54, 1.807) is 0 Å². The average molecular weight is 437 g/mol. The molecule has 0 radical (unpaired) electrons. The summed E-state index contributed by atoms with van der Waals surface area (Å²) in [5.74, 6) is -3.85. The van der Waals surface area contributed by atoms with Gasteiger partial charge in [0, 0.05) is 5.56 Å². The Morgan fingerprint density at radius 1 is 0.906 bits per heavy atom. The lowest BCUT2D eigenvalue weighted by molar-refractivity contribution is 0.0925. The number of benzene rings is 3. The number of halogens is 2. The summed E-state index contributed by atoms with van der Waals surface area (Å²) < 4.78 is 27.1. The van der Waals surface area contributed by atoms with Gasteiger partial charge in [0.2, 0.25) is 0 Å². The molecule has 6 nitrogen and oxygen atoms in total. The topological polar surface area (TPSA) is 94.9 Å². The zero-order valence-corrected chi connectivity index (χ0v) is 16.8. The van der Waals surface area contributed by atoms with E-state index in [4.69, 9.17) is 5.11 Å². The monoisotopic (exact) mass is 437 g/mol. The van der Waals surface area contributed by atoms with Crippen molar-refractivity contribution in [1.29, 1.82) is 0 Å². The molecule has 32 heavy (non-hydrogen) atoms. The standard InChI is InChI=1S/C24H17F2NO5/c1-12(29)16-5-2-14(13-4-7-19(25)20(26)9-13)10-21(16)27-23(31)17-6-3-15(22(30)11-28)8-18(17)24(27)32/h2-10,22,28,30H,11H2,1H3. The van der Waals surface area contributed by atoms with Crippen molar-refractivity contribution in [2.75, 3.05) is 11.5 Å². The fourth-order valence-electron chi connectivity index (χ4n) is 3.66. The van der Waals surface area contributed by atoms with Gasteiger partial charge in [0.1, 0.15) is 6.10 Å². The van der Waals surface area contributed by atoms with Crippen molar-refractivity contribution in [1.82, 2.24) is 0 Å². The van der Waals surface area contributed by atoms with Crippen LogP contribution in [0.4, 0.5) is 14.5 Å².